The fourth-order valence-corrected chi connectivity index (χ4v) is 12.7. The van der Waals surface area contributed by atoms with Gasteiger partial charge in [0.1, 0.15) is 0 Å². The molecule has 1 unspecified atom stereocenters. The van der Waals surface area contributed by atoms with Crippen LogP contribution in [-0.2, 0) is 4.43 Å². The van der Waals surface area contributed by atoms with Crippen LogP contribution in [0.3, 0.4) is 0 Å². The van der Waals surface area contributed by atoms with E-state index in [0.717, 1.165) is 13.0 Å². The number of hydrogen-bond donors (Lipinski definition) is 0. The second-order valence-corrected chi connectivity index (χ2v) is 19.6. The third kappa shape index (κ3) is 5.48. The molecule has 0 aliphatic carbocycles. The van der Waals surface area contributed by atoms with Crippen molar-refractivity contribution in [2.24, 2.45) is 0 Å². The lowest BCUT2D eigenvalue weighted by atomic mass is 10.2. The van der Waals surface area contributed by atoms with Gasteiger partial charge in [0, 0.05) is 6.61 Å². The predicted molar refractivity (Wildman–Crippen MR) is 150 cm³/mol. The Balaban J connectivity index is 1.96. The molecule has 1 nitrogen and oxygen atoms in total. The number of allylic oxidation sites excluding steroid dienone is 2. The maximum atomic E-state index is 7.20. The number of hydrogen-bond acceptors (Lipinski definition) is 1. The Morgan fingerprint density at radius 3 is 1.55 bits per heavy atom. The van der Waals surface area contributed by atoms with Gasteiger partial charge in [-0.1, -0.05) is 142 Å². The third-order valence-corrected chi connectivity index (χ3v) is 16.2. The van der Waals surface area contributed by atoms with Crippen molar-refractivity contribution in [3.63, 3.8) is 0 Å². The highest BCUT2D eigenvalue weighted by Gasteiger charge is 2.50. The molecular formula is C30H40OSi2. The minimum absolute atomic E-state index is 0.0121. The minimum Gasteiger partial charge on any atom is -0.407 e. The van der Waals surface area contributed by atoms with Gasteiger partial charge in [0.15, 0.2) is 0 Å². The first-order valence-corrected chi connectivity index (χ1v) is 17.2. The summed E-state index contributed by atoms with van der Waals surface area (Å²) in [6.45, 7) is 15.0. The van der Waals surface area contributed by atoms with E-state index in [2.05, 4.69) is 144 Å². The molecule has 0 aromatic heterocycles. The van der Waals surface area contributed by atoms with Gasteiger partial charge in [-0.3, -0.25) is 0 Å². The quantitative estimate of drug-likeness (QED) is 0.255. The van der Waals surface area contributed by atoms with E-state index in [1.165, 1.54) is 15.6 Å². The first-order chi connectivity index (χ1) is 15.7. The fraction of sp³-hybridized carbons (Fsp3) is 0.333. The van der Waals surface area contributed by atoms with Gasteiger partial charge in [-0.05, 0) is 34.3 Å². The Bertz CT molecular complexity index is 966. The van der Waals surface area contributed by atoms with Crippen LogP contribution in [-0.4, -0.2) is 23.0 Å². The molecule has 0 fully saturated rings. The molecule has 0 amide bonds. The molecular weight excluding hydrogens is 433 g/mol. The zero-order valence-corrected chi connectivity index (χ0v) is 23.2. The Morgan fingerprint density at radius 2 is 1.15 bits per heavy atom. The summed E-state index contributed by atoms with van der Waals surface area (Å²) in [5.41, 5.74) is 0.531. The van der Waals surface area contributed by atoms with E-state index in [9.17, 15) is 0 Å². The van der Waals surface area contributed by atoms with Crippen molar-refractivity contribution in [3.05, 3.63) is 103 Å². The molecule has 1 atom stereocenters. The van der Waals surface area contributed by atoms with Crippen molar-refractivity contribution >= 4 is 32.0 Å². The van der Waals surface area contributed by atoms with Crippen LogP contribution in [0.4, 0.5) is 0 Å². The van der Waals surface area contributed by atoms with Crippen molar-refractivity contribution < 1.29 is 4.43 Å². The molecule has 174 valence electrons. The molecule has 0 radical (unpaired) electrons. The summed E-state index contributed by atoms with van der Waals surface area (Å²) in [6, 6.07) is 33.0. The SMILES string of the molecule is C/C=C/C(CCO[Si](c1ccccc1)(c1ccccc1)C(C)(C)C)[Si](C)(C)c1ccccc1. The normalized spacial score (nSPS) is 13.9. The summed E-state index contributed by atoms with van der Waals surface area (Å²) >= 11 is 0. The van der Waals surface area contributed by atoms with E-state index in [4.69, 9.17) is 4.43 Å². The Labute approximate surface area is 203 Å². The Morgan fingerprint density at radius 1 is 0.727 bits per heavy atom. The first-order valence-electron chi connectivity index (χ1n) is 12.2. The minimum atomic E-state index is -2.49. The molecule has 0 aliphatic heterocycles. The average Bonchev–Trinajstić information content (AvgIpc) is 2.82. The molecule has 3 rings (SSSR count). The summed E-state index contributed by atoms with van der Waals surface area (Å²) in [5.74, 6) is 0. The van der Waals surface area contributed by atoms with Crippen LogP contribution < -0.4 is 15.6 Å². The van der Waals surface area contributed by atoms with Gasteiger partial charge in [-0.2, -0.15) is 0 Å². The second-order valence-electron chi connectivity index (χ2n) is 10.5. The summed E-state index contributed by atoms with van der Waals surface area (Å²) in [6.07, 6.45) is 5.70. The standard InChI is InChI=1S/C30H40OSi2/c1-7-17-26(32(5,6)27-18-11-8-12-19-27)24-25-31-33(30(2,3)4,28-20-13-9-14-21-28)29-22-15-10-16-23-29/h7-23,26H,24-25H2,1-6H3/b17-7+. The molecule has 0 saturated heterocycles. The average molecular weight is 473 g/mol. The van der Waals surface area contributed by atoms with Gasteiger partial charge in [-0.25, -0.2) is 0 Å². The maximum absolute atomic E-state index is 7.20. The van der Waals surface area contributed by atoms with Crippen molar-refractivity contribution in [1.29, 1.82) is 0 Å². The molecule has 0 N–H and O–H groups in total. The molecule has 0 aliphatic rings. The van der Waals surface area contributed by atoms with Crippen LogP contribution in [0.15, 0.2) is 103 Å². The van der Waals surface area contributed by atoms with Gasteiger partial charge < -0.3 is 4.43 Å². The third-order valence-electron chi connectivity index (χ3n) is 7.03. The molecule has 3 aromatic carbocycles. The molecule has 0 spiro atoms. The number of rotatable bonds is 9. The lowest BCUT2D eigenvalue weighted by molar-refractivity contribution is 0.292. The van der Waals surface area contributed by atoms with E-state index in [1.54, 1.807) is 0 Å². The highest BCUT2D eigenvalue weighted by molar-refractivity contribution is 6.99. The van der Waals surface area contributed by atoms with Gasteiger partial charge >= 0.3 is 0 Å². The zero-order valence-electron chi connectivity index (χ0n) is 21.2. The largest absolute Gasteiger partial charge is 0.407 e. The highest BCUT2D eigenvalue weighted by atomic mass is 28.4. The van der Waals surface area contributed by atoms with Crippen molar-refractivity contribution in [1.82, 2.24) is 0 Å². The van der Waals surface area contributed by atoms with Gasteiger partial charge in [0.05, 0.1) is 8.07 Å². The van der Waals surface area contributed by atoms with Gasteiger partial charge in [0.25, 0.3) is 8.32 Å². The predicted octanol–water partition coefficient (Wildman–Crippen LogP) is 6.52. The summed E-state index contributed by atoms with van der Waals surface area (Å²) in [5, 5.41) is 4.23. The number of benzene rings is 3. The smallest absolute Gasteiger partial charge is 0.261 e. The molecule has 33 heavy (non-hydrogen) atoms. The van der Waals surface area contributed by atoms with E-state index < -0.39 is 16.4 Å². The second kappa shape index (κ2) is 10.8. The summed E-state index contributed by atoms with van der Waals surface area (Å²) < 4.78 is 7.20. The maximum Gasteiger partial charge on any atom is 0.261 e. The van der Waals surface area contributed by atoms with Crippen LogP contribution in [0, 0.1) is 0 Å². The van der Waals surface area contributed by atoms with Crippen molar-refractivity contribution in [3.8, 4) is 0 Å². The zero-order chi connectivity index (χ0) is 24.0. The van der Waals surface area contributed by atoms with Crippen molar-refractivity contribution in [2.45, 2.75) is 57.8 Å². The lowest BCUT2D eigenvalue weighted by Crippen LogP contribution is -2.66. The molecule has 0 heterocycles. The topological polar surface area (TPSA) is 9.23 Å². The Kier molecular flexibility index (Phi) is 8.33. The van der Waals surface area contributed by atoms with E-state index >= 15 is 0 Å². The van der Waals surface area contributed by atoms with Crippen LogP contribution in [0.25, 0.3) is 0 Å². The van der Waals surface area contributed by atoms with Crippen LogP contribution in [0.1, 0.15) is 34.1 Å². The fourth-order valence-electron chi connectivity index (χ4n) is 5.11. The van der Waals surface area contributed by atoms with E-state index in [1.807, 2.05) is 0 Å². The molecule has 3 heteroatoms. The molecule has 3 aromatic rings. The van der Waals surface area contributed by atoms with E-state index in [-0.39, 0.29) is 5.04 Å². The van der Waals surface area contributed by atoms with Crippen LogP contribution in [0.5, 0.6) is 0 Å². The van der Waals surface area contributed by atoms with Gasteiger partial charge in [0.2, 0.25) is 0 Å². The van der Waals surface area contributed by atoms with Gasteiger partial charge in [-0.15, -0.1) is 0 Å². The first kappa shape index (κ1) is 25.4. The summed E-state index contributed by atoms with van der Waals surface area (Å²) in [7, 11) is -4.17. The lowest BCUT2D eigenvalue weighted by Gasteiger charge is -2.43. The van der Waals surface area contributed by atoms with Crippen molar-refractivity contribution in [2.75, 3.05) is 6.61 Å². The molecule has 0 bridgehead atoms. The summed E-state index contributed by atoms with van der Waals surface area (Å²) in [4.78, 5) is 0. The van der Waals surface area contributed by atoms with E-state index in [0.29, 0.717) is 5.54 Å². The molecule has 0 saturated carbocycles. The highest BCUT2D eigenvalue weighted by Crippen LogP contribution is 2.37. The Hall–Kier alpha value is -2.21. The monoisotopic (exact) mass is 472 g/mol. The van der Waals surface area contributed by atoms with Crippen LogP contribution in [0.2, 0.25) is 23.7 Å². The van der Waals surface area contributed by atoms with Crippen LogP contribution >= 0.6 is 0 Å².